The van der Waals surface area contributed by atoms with Crippen LogP contribution in [-0.4, -0.2) is 11.7 Å². The summed E-state index contributed by atoms with van der Waals surface area (Å²) >= 11 is 0. The second kappa shape index (κ2) is 4.35. The molecule has 4 nitrogen and oxygen atoms in total. The Morgan fingerprint density at radius 2 is 2.00 bits per heavy atom. The lowest BCUT2D eigenvalue weighted by molar-refractivity contribution is -0.464. The van der Waals surface area contributed by atoms with Gasteiger partial charge in [-0.25, -0.2) is 0 Å². The van der Waals surface area contributed by atoms with Crippen molar-refractivity contribution in [1.29, 1.82) is 0 Å². The number of aryl methyl sites for hydroxylation is 2. The Balaban J connectivity index is 2.28. The number of nitrogens with one attached hydrogen (secondary N) is 1. The van der Waals surface area contributed by atoms with Gasteiger partial charge in [0.25, 0.3) is 0 Å². The molecule has 0 unspecified atom stereocenters. The summed E-state index contributed by atoms with van der Waals surface area (Å²) in [5.74, 6) is 0.112. The Hall–Kier alpha value is -1.84. The maximum atomic E-state index is 5.29. The summed E-state index contributed by atoms with van der Waals surface area (Å²) in [5.41, 5.74) is 15.5. The van der Waals surface area contributed by atoms with Crippen LogP contribution in [0.5, 0.6) is 0 Å². The van der Waals surface area contributed by atoms with E-state index in [9.17, 15) is 0 Å². The highest BCUT2D eigenvalue weighted by Crippen LogP contribution is 2.22. The van der Waals surface area contributed by atoms with Crippen molar-refractivity contribution in [3.63, 3.8) is 0 Å². The van der Waals surface area contributed by atoms with Gasteiger partial charge in [0, 0.05) is 0 Å². The van der Waals surface area contributed by atoms with E-state index in [1.807, 2.05) is 6.92 Å². The summed E-state index contributed by atoms with van der Waals surface area (Å²) in [5, 5.41) is 6.67. The standard InChI is InChI=1S/C12H16N4/c1-8(15-16-12(13)14)10-6-5-9-3-2-4-11(9)7-10/h5-7H,2-4H2,1H3,(H4,13,14,16)/p+1/b15-8-. The number of nitrogens with two attached hydrogens (primary N) is 2. The number of hydrazone groups is 1. The third-order valence-electron chi connectivity index (χ3n) is 2.87. The lowest BCUT2D eigenvalue weighted by Crippen LogP contribution is -2.72. The molecule has 0 fully saturated rings. The van der Waals surface area contributed by atoms with Gasteiger partial charge in [-0.3, -0.25) is 11.5 Å². The van der Waals surface area contributed by atoms with Gasteiger partial charge in [0.2, 0.25) is 0 Å². The quantitative estimate of drug-likeness (QED) is 0.346. The van der Waals surface area contributed by atoms with Crippen LogP contribution in [0.4, 0.5) is 0 Å². The molecular weight excluding hydrogens is 200 g/mol. The first-order valence-electron chi connectivity index (χ1n) is 5.47. The number of hydrogen-bond acceptors (Lipinski definition) is 1. The third-order valence-corrected chi connectivity index (χ3v) is 2.87. The Kier molecular flexibility index (Phi) is 2.90. The third kappa shape index (κ3) is 2.21. The molecule has 84 valence electrons. The zero-order chi connectivity index (χ0) is 11.5. The van der Waals surface area contributed by atoms with Crippen molar-refractivity contribution in [2.75, 3.05) is 0 Å². The SMILES string of the molecule is C/C(=N/[NH+]=C(N)N)c1ccc2c(c1)CCC2. The Labute approximate surface area is 95.1 Å². The van der Waals surface area contributed by atoms with Crippen molar-refractivity contribution >= 4 is 11.7 Å². The Morgan fingerprint density at radius 3 is 2.75 bits per heavy atom. The summed E-state index contributed by atoms with van der Waals surface area (Å²) in [6.45, 7) is 1.94. The topological polar surface area (TPSA) is 78.4 Å². The molecule has 0 aliphatic heterocycles. The lowest BCUT2D eigenvalue weighted by Gasteiger charge is -2.02. The highest BCUT2D eigenvalue weighted by molar-refractivity contribution is 5.98. The molecule has 0 saturated heterocycles. The molecule has 4 heteroatoms. The highest BCUT2D eigenvalue weighted by Gasteiger charge is 2.11. The van der Waals surface area contributed by atoms with Crippen LogP contribution in [-0.2, 0) is 12.8 Å². The van der Waals surface area contributed by atoms with Crippen molar-refractivity contribution in [1.82, 2.24) is 0 Å². The van der Waals surface area contributed by atoms with Crippen molar-refractivity contribution < 1.29 is 5.10 Å². The Bertz CT molecular complexity index is 456. The molecule has 0 saturated carbocycles. The molecule has 5 N–H and O–H groups in total. The molecule has 1 aromatic rings. The molecular formula is C12H17N4+. The average Bonchev–Trinajstić information content (AvgIpc) is 2.72. The molecule has 0 heterocycles. The van der Waals surface area contributed by atoms with E-state index in [-0.39, 0.29) is 5.96 Å². The normalized spacial score (nSPS) is 14.7. The minimum absolute atomic E-state index is 0.112. The van der Waals surface area contributed by atoms with Crippen LogP contribution in [0.2, 0.25) is 0 Å². The number of benzene rings is 1. The maximum Gasteiger partial charge on any atom is 0.362 e. The fraction of sp³-hybridized carbons (Fsp3) is 0.333. The molecule has 1 aliphatic carbocycles. The van der Waals surface area contributed by atoms with Gasteiger partial charge in [-0.05, 0) is 48.9 Å². The molecule has 16 heavy (non-hydrogen) atoms. The molecule has 0 aromatic heterocycles. The summed E-state index contributed by atoms with van der Waals surface area (Å²) < 4.78 is 0. The van der Waals surface area contributed by atoms with E-state index in [0.717, 1.165) is 11.3 Å². The summed E-state index contributed by atoms with van der Waals surface area (Å²) in [6, 6.07) is 6.49. The van der Waals surface area contributed by atoms with Gasteiger partial charge in [0.1, 0.15) is 0 Å². The van der Waals surface area contributed by atoms with Gasteiger partial charge in [-0.2, -0.15) is 5.10 Å². The minimum Gasteiger partial charge on any atom is -0.289 e. The van der Waals surface area contributed by atoms with Crippen LogP contribution in [0.25, 0.3) is 0 Å². The molecule has 0 bridgehead atoms. The first-order chi connectivity index (χ1) is 7.66. The van der Waals surface area contributed by atoms with Crippen molar-refractivity contribution in [2.24, 2.45) is 16.6 Å². The van der Waals surface area contributed by atoms with E-state index in [4.69, 9.17) is 11.5 Å². The van der Waals surface area contributed by atoms with E-state index in [1.165, 1.54) is 30.4 Å². The van der Waals surface area contributed by atoms with Crippen LogP contribution in [0.15, 0.2) is 23.3 Å². The van der Waals surface area contributed by atoms with Crippen molar-refractivity contribution in [3.8, 4) is 0 Å². The van der Waals surface area contributed by atoms with Gasteiger partial charge in [-0.15, -0.1) is 5.10 Å². The number of nitrogens with zero attached hydrogens (tertiary/aromatic N) is 1. The number of hydrogen-bond donors (Lipinski definition) is 3. The fourth-order valence-corrected chi connectivity index (χ4v) is 2.01. The molecule has 0 atom stereocenters. The van der Waals surface area contributed by atoms with Gasteiger partial charge < -0.3 is 0 Å². The molecule has 2 rings (SSSR count). The zero-order valence-electron chi connectivity index (χ0n) is 9.46. The summed E-state index contributed by atoms with van der Waals surface area (Å²) in [6.07, 6.45) is 3.64. The van der Waals surface area contributed by atoms with Gasteiger partial charge in [0.15, 0.2) is 0 Å². The predicted octanol–water partition coefficient (Wildman–Crippen LogP) is -0.747. The van der Waals surface area contributed by atoms with E-state index in [1.54, 1.807) is 0 Å². The average molecular weight is 217 g/mol. The molecule has 0 amide bonds. The number of fused-ring (bicyclic) bond motifs is 1. The summed E-state index contributed by atoms with van der Waals surface area (Å²) in [4.78, 5) is 0. The highest BCUT2D eigenvalue weighted by atomic mass is 15.3. The second-order valence-corrected chi connectivity index (χ2v) is 4.10. The first kappa shape index (κ1) is 10.7. The smallest absolute Gasteiger partial charge is 0.289 e. The van der Waals surface area contributed by atoms with Gasteiger partial charge in [0.05, 0.1) is 5.71 Å². The largest absolute Gasteiger partial charge is 0.362 e. The van der Waals surface area contributed by atoms with Crippen LogP contribution in [0.3, 0.4) is 0 Å². The second-order valence-electron chi connectivity index (χ2n) is 4.10. The molecule has 1 aromatic carbocycles. The number of guanidine groups is 1. The van der Waals surface area contributed by atoms with E-state index in [0.29, 0.717) is 0 Å². The van der Waals surface area contributed by atoms with Crippen LogP contribution >= 0.6 is 0 Å². The van der Waals surface area contributed by atoms with Crippen LogP contribution < -0.4 is 16.6 Å². The van der Waals surface area contributed by atoms with Crippen molar-refractivity contribution in [2.45, 2.75) is 26.2 Å². The van der Waals surface area contributed by atoms with Crippen LogP contribution in [0, 0.1) is 0 Å². The fourth-order valence-electron chi connectivity index (χ4n) is 2.01. The minimum atomic E-state index is 0.112. The molecule has 1 aliphatic rings. The molecule has 0 spiro atoms. The predicted molar refractivity (Wildman–Crippen MR) is 65.0 cm³/mol. The van der Waals surface area contributed by atoms with E-state index in [2.05, 4.69) is 28.4 Å². The van der Waals surface area contributed by atoms with Gasteiger partial charge in [-0.1, -0.05) is 12.1 Å². The first-order valence-corrected chi connectivity index (χ1v) is 5.47. The number of rotatable bonds is 2. The van der Waals surface area contributed by atoms with Crippen LogP contribution in [0.1, 0.15) is 30.0 Å². The van der Waals surface area contributed by atoms with Crippen molar-refractivity contribution in [3.05, 3.63) is 34.9 Å². The zero-order valence-corrected chi connectivity index (χ0v) is 9.46. The van der Waals surface area contributed by atoms with Gasteiger partial charge >= 0.3 is 5.96 Å². The van der Waals surface area contributed by atoms with E-state index >= 15 is 0 Å². The van der Waals surface area contributed by atoms with E-state index < -0.39 is 0 Å². The summed E-state index contributed by atoms with van der Waals surface area (Å²) in [7, 11) is 0. The Morgan fingerprint density at radius 1 is 1.25 bits per heavy atom. The maximum absolute atomic E-state index is 5.29. The monoisotopic (exact) mass is 217 g/mol. The lowest BCUT2D eigenvalue weighted by atomic mass is 10.0. The molecule has 0 radical (unpaired) electrons.